The second kappa shape index (κ2) is 16.1. The Kier molecular flexibility index (Phi) is 13.3. The number of hydrogen-bond acceptors (Lipinski definition) is 10. The van der Waals surface area contributed by atoms with Gasteiger partial charge in [-0.2, -0.15) is 8.42 Å². The van der Waals surface area contributed by atoms with Gasteiger partial charge in [0.25, 0.3) is 10.1 Å². The lowest BCUT2D eigenvalue weighted by atomic mass is 9.48. The van der Waals surface area contributed by atoms with Crippen LogP contribution in [0, 0.1) is 40.9 Å². The third kappa shape index (κ3) is 10.7. The minimum atomic E-state index is -4.19. The van der Waals surface area contributed by atoms with Gasteiger partial charge in [0.15, 0.2) is 0 Å². The predicted molar refractivity (Wildman–Crippen MR) is 165 cm³/mol. The van der Waals surface area contributed by atoms with Crippen LogP contribution in [-0.2, 0) is 48.2 Å². The summed E-state index contributed by atoms with van der Waals surface area (Å²) < 4.78 is 53.2. The molecule has 0 aromatic carbocycles. The molecule has 0 radical (unpaired) electrons. The minimum absolute atomic E-state index is 0.0765. The lowest BCUT2D eigenvalue weighted by Gasteiger charge is -2.58. The highest BCUT2D eigenvalue weighted by molar-refractivity contribution is 7.85. The van der Waals surface area contributed by atoms with E-state index in [2.05, 4.69) is 13.8 Å². The van der Waals surface area contributed by atoms with Crippen molar-refractivity contribution >= 4 is 34.0 Å². The Hall–Kier alpha value is -2.21. The van der Waals surface area contributed by atoms with Crippen LogP contribution in [0.15, 0.2) is 0 Å². The van der Waals surface area contributed by atoms with E-state index in [1.54, 1.807) is 0 Å². The number of fused-ring (bicyclic) bond motifs is 1. The Morgan fingerprint density at radius 3 is 2.24 bits per heavy atom. The average Bonchev–Trinajstić information content (AvgIpc) is 3.40. The second-order valence-corrected chi connectivity index (χ2v) is 15.6. The largest absolute Gasteiger partial charge is 0.464 e. The number of carbonyl (C=O) groups excluding carboxylic acids is 4. The molecule has 0 bridgehead atoms. The van der Waals surface area contributed by atoms with E-state index in [1.807, 2.05) is 6.92 Å². The molecule has 0 heterocycles. The van der Waals surface area contributed by atoms with Crippen molar-refractivity contribution in [2.75, 3.05) is 12.4 Å². The van der Waals surface area contributed by atoms with E-state index < -0.39 is 21.8 Å². The van der Waals surface area contributed by atoms with Crippen molar-refractivity contribution in [3.05, 3.63) is 0 Å². The molecule has 1 N–H and O–H groups in total. The van der Waals surface area contributed by atoms with Crippen LogP contribution in [0.1, 0.15) is 112 Å². The van der Waals surface area contributed by atoms with E-state index in [1.165, 1.54) is 20.8 Å². The van der Waals surface area contributed by atoms with E-state index in [9.17, 15) is 27.6 Å². The van der Waals surface area contributed by atoms with Gasteiger partial charge in [0.1, 0.15) is 30.7 Å². The fourth-order valence-corrected chi connectivity index (χ4v) is 9.05. The first-order valence-corrected chi connectivity index (χ1v) is 18.3. The van der Waals surface area contributed by atoms with Gasteiger partial charge in [0.2, 0.25) is 0 Å². The summed E-state index contributed by atoms with van der Waals surface area (Å²) >= 11 is 0. The van der Waals surface area contributed by atoms with Crippen molar-refractivity contribution < 1.29 is 51.1 Å². The molecule has 3 rings (SSSR count). The zero-order chi connectivity index (χ0) is 33.5. The molecule has 3 aliphatic carbocycles. The molecule has 10 atom stereocenters. The smallest absolute Gasteiger partial charge is 0.305 e. The zero-order valence-corrected chi connectivity index (χ0v) is 28.6. The Labute approximate surface area is 268 Å². The third-order valence-electron chi connectivity index (χ3n) is 11.0. The standard InChI is InChI=1S/C33H54O11S/c1-7-27(42-21(3)34)19-29-32(25-10-9-24(16-25)20(2)8-11-31(37)41-14-15-45(38,39)40)30(44-23(5)36)18-26-17-28(43-22(4)35)12-13-33(26,29)6/h20,24-30,32H,7-19H2,1-6H3,(H,38,39,40)/t20-,24+,25-,26?,27?,28?,29+,30?,32+,33+/m1/s1. The first-order valence-electron chi connectivity index (χ1n) is 16.6. The summed E-state index contributed by atoms with van der Waals surface area (Å²) in [6, 6.07) is 0. The molecule has 0 aromatic heterocycles. The molecule has 0 amide bonds. The van der Waals surface area contributed by atoms with Crippen LogP contribution in [0.2, 0.25) is 0 Å². The van der Waals surface area contributed by atoms with Gasteiger partial charge < -0.3 is 18.9 Å². The van der Waals surface area contributed by atoms with Gasteiger partial charge in [0.05, 0.1) is 0 Å². The molecule has 12 heteroatoms. The van der Waals surface area contributed by atoms with Gasteiger partial charge in [-0.15, -0.1) is 0 Å². The Morgan fingerprint density at radius 2 is 1.64 bits per heavy atom. The molecule has 3 saturated carbocycles. The van der Waals surface area contributed by atoms with E-state index in [0.29, 0.717) is 38.0 Å². The van der Waals surface area contributed by atoms with Crippen molar-refractivity contribution in [1.29, 1.82) is 0 Å². The molecule has 3 fully saturated rings. The van der Waals surface area contributed by atoms with Gasteiger partial charge in [-0.05, 0) is 99.2 Å². The monoisotopic (exact) mass is 658 g/mol. The van der Waals surface area contributed by atoms with Crippen molar-refractivity contribution in [2.24, 2.45) is 40.9 Å². The SMILES string of the molecule is CCC(C[C@H]1[C@H]([C@@H]2CC[C@H]([C@H](C)CCC(=O)OCCS(=O)(=O)O)C2)C(OC(C)=O)CC2CC(OC(C)=O)CC[C@@]21C)OC(C)=O. The fraction of sp³-hybridized carbons (Fsp3) is 0.879. The van der Waals surface area contributed by atoms with Gasteiger partial charge in [0, 0.05) is 33.1 Å². The lowest BCUT2D eigenvalue weighted by Crippen LogP contribution is -2.56. The number of rotatable bonds is 14. The van der Waals surface area contributed by atoms with Crippen LogP contribution in [0.5, 0.6) is 0 Å². The Bertz CT molecular complexity index is 1150. The molecule has 258 valence electrons. The first-order chi connectivity index (χ1) is 21.0. The molecule has 45 heavy (non-hydrogen) atoms. The van der Waals surface area contributed by atoms with E-state index >= 15 is 0 Å². The molecule has 0 aliphatic heterocycles. The van der Waals surface area contributed by atoms with Gasteiger partial charge in [-0.25, -0.2) is 0 Å². The van der Waals surface area contributed by atoms with Crippen molar-refractivity contribution in [3.8, 4) is 0 Å². The molecular weight excluding hydrogens is 604 g/mol. The average molecular weight is 659 g/mol. The summed E-state index contributed by atoms with van der Waals surface area (Å²) in [5, 5.41) is 0. The van der Waals surface area contributed by atoms with Crippen LogP contribution < -0.4 is 0 Å². The summed E-state index contributed by atoms with van der Waals surface area (Å²) in [4.78, 5) is 48.5. The molecule has 4 unspecified atom stereocenters. The van der Waals surface area contributed by atoms with Crippen LogP contribution in [0.4, 0.5) is 0 Å². The first kappa shape index (κ1) is 37.2. The summed E-state index contributed by atoms with van der Waals surface area (Å²) in [6.45, 7) is 10.4. The zero-order valence-electron chi connectivity index (χ0n) is 27.8. The highest BCUT2D eigenvalue weighted by Crippen LogP contribution is 2.61. The maximum Gasteiger partial charge on any atom is 0.305 e. The molecule has 0 saturated heterocycles. The van der Waals surface area contributed by atoms with Crippen molar-refractivity contribution in [2.45, 2.75) is 130 Å². The molecule has 11 nitrogen and oxygen atoms in total. The van der Waals surface area contributed by atoms with Crippen LogP contribution in [0.25, 0.3) is 0 Å². The summed E-state index contributed by atoms with van der Waals surface area (Å²) in [6.07, 6.45) is 7.34. The molecule has 0 aromatic rings. The quantitative estimate of drug-likeness (QED) is 0.147. The molecular formula is C33H54O11S. The number of ether oxygens (including phenoxy) is 4. The highest BCUT2D eigenvalue weighted by atomic mass is 32.2. The second-order valence-electron chi connectivity index (χ2n) is 14.0. The fourth-order valence-electron chi connectivity index (χ4n) is 8.76. The van der Waals surface area contributed by atoms with Gasteiger partial charge in [-0.1, -0.05) is 20.8 Å². The maximum absolute atomic E-state index is 12.5. The number of carbonyl (C=O) groups is 4. The highest BCUT2D eigenvalue weighted by Gasteiger charge is 2.58. The van der Waals surface area contributed by atoms with E-state index in [-0.39, 0.29) is 84.3 Å². The van der Waals surface area contributed by atoms with Crippen LogP contribution >= 0.6 is 0 Å². The van der Waals surface area contributed by atoms with Gasteiger partial charge >= 0.3 is 23.9 Å². The summed E-state index contributed by atoms with van der Waals surface area (Å²) in [5.41, 5.74) is -0.110. The van der Waals surface area contributed by atoms with E-state index in [0.717, 1.165) is 32.1 Å². The topological polar surface area (TPSA) is 160 Å². The molecule has 3 aliphatic rings. The predicted octanol–water partition coefficient (Wildman–Crippen LogP) is 5.29. The normalized spacial score (nSPS) is 32.9. The minimum Gasteiger partial charge on any atom is -0.464 e. The summed E-state index contributed by atoms with van der Waals surface area (Å²) in [7, 11) is -4.19. The van der Waals surface area contributed by atoms with E-state index in [4.69, 9.17) is 23.5 Å². The van der Waals surface area contributed by atoms with Crippen molar-refractivity contribution in [3.63, 3.8) is 0 Å². The van der Waals surface area contributed by atoms with Crippen molar-refractivity contribution in [1.82, 2.24) is 0 Å². The van der Waals surface area contributed by atoms with Crippen LogP contribution in [-0.4, -0.2) is 67.5 Å². The Balaban J connectivity index is 1.80. The third-order valence-corrected chi connectivity index (χ3v) is 11.7. The molecule has 0 spiro atoms. The van der Waals surface area contributed by atoms with Crippen LogP contribution in [0.3, 0.4) is 0 Å². The number of hydrogen-bond donors (Lipinski definition) is 1. The summed E-state index contributed by atoms with van der Waals surface area (Å²) in [5.74, 6) is -0.764. The number of esters is 4. The Morgan fingerprint density at radius 1 is 0.956 bits per heavy atom. The van der Waals surface area contributed by atoms with Gasteiger partial charge in [-0.3, -0.25) is 23.7 Å². The lowest BCUT2D eigenvalue weighted by molar-refractivity contribution is -0.183. The maximum atomic E-state index is 12.5.